The van der Waals surface area contributed by atoms with E-state index in [-0.39, 0.29) is 23.9 Å². The monoisotopic (exact) mass is 360 g/mol. The van der Waals surface area contributed by atoms with E-state index in [0.717, 1.165) is 23.7 Å². The molecule has 4 aliphatic carbocycles. The van der Waals surface area contributed by atoms with Crippen molar-refractivity contribution in [2.45, 2.75) is 90.1 Å². The zero-order chi connectivity index (χ0) is 18.3. The van der Waals surface area contributed by atoms with Crippen molar-refractivity contribution in [2.75, 3.05) is 0 Å². The molecule has 26 heavy (non-hydrogen) atoms. The van der Waals surface area contributed by atoms with Crippen LogP contribution >= 0.6 is 0 Å². The molecule has 4 aliphatic rings. The van der Waals surface area contributed by atoms with Crippen LogP contribution in [0.2, 0.25) is 0 Å². The first-order valence-corrected chi connectivity index (χ1v) is 11.1. The van der Waals surface area contributed by atoms with Crippen LogP contribution < -0.4 is 10.6 Å². The van der Waals surface area contributed by atoms with Gasteiger partial charge in [-0.2, -0.15) is 0 Å². The lowest BCUT2D eigenvalue weighted by Gasteiger charge is -2.29. The molecule has 0 aromatic heterocycles. The molecular weight excluding hydrogens is 324 g/mol. The molecule has 0 radical (unpaired) electrons. The van der Waals surface area contributed by atoms with Crippen molar-refractivity contribution >= 4 is 11.8 Å². The lowest BCUT2D eigenvalue weighted by atomic mass is 9.84. The predicted molar refractivity (Wildman–Crippen MR) is 102 cm³/mol. The first kappa shape index (κ1) is 18.3. The number of nitrogens with one attached hydrogen (secondary N) is 2. The third kappa shape index (κ3) is 3.80. The van der Waals surface area contributed by atoms with Gasteiger partial charge in [0.2, 0.25) is 11.8 Å². The minimum absolute atomic E-state index is 0.0444. The van der Waals surface area contributed by atoms with E-state index < -0.39 is 0 Å². The summed E-state index contributed by atoms with van der Waals surface area (Å²) < 4.78 is 0. The Morgan fingerprint density at radius 3 is 1.46 bits per heavy atom. The molecule has 0 heterocycles. The molecule has 4 rings (SSSR count). The van der Waals surface area contributed by atoms with Gasteiger partial charge in [-0.05, 0) is 87.9 Å². The molecule has 0 saturated heterocycles. The van der Waals surface area contributed by atoms with Crippen LogP contribution in [0.1, 0.15) is 78.1 Å². The lowest BCUT2D eigenvalue weighted by Crippen LogP contribution is -2.42. The molecule has 4 heteroatoms. The van der Waals surface area contributed by atoms with E-state index in [1.807, 2.05) is 0 Å². The first-order valence-electron chi connectivity index (χ1n) is 11.1. The fraction of sp³-hybridized carbons (Fsp3) is 0.909. The van der Waals surface area contributed by atoms with Crippen molar-refractivity contribution in [3.8, 4) is 0 Å². The average Bonchev–Trinajstić information content (AvgIpc) is 3.39. The summed E-state index contributed by atoms with van der Waals surface area (Å²) in [6.07, 6.45) is 11.4. The number of amides is 2. The highest BCUT2D eigenvalue weighted by Gasteiger charge is 2.43. The van der Waals surface area contributed by atoms with E-state index in [9.17, 15) is 9.59 Å². The molecule has 0 aromatic carbocycles. The molecule has 0 spiro atoms. The van der Waals surface area contributed by atoms with Gasteiger partial charge in [0.15, 0.2) is 0 Å². The Bertz CT molecular complexity index is 500. The minimum atomic E-state index is 0.0444. The number of carbonyl (C=O) groups is 2. The van der Waals surface area contributed by atoms with Crippen molar-refractivity contribution in [3.05, 3.63) is 0 Å². The van der Waals surface area contributed by atoms with Crippen molar-refractivity contribution in [3.63, 3.8) is 0 Å². The van der Waals surface area contributed by atoms with Gasteiger partial charge >= 0.3 is 0 Å². The fourth-order valence-electron chi connectivity index (χ4n) is 6.91. The fourth-order valence-corrected chi connectivity index (χ4v) is 6.91. The normalized spacial score (nSPS) is 39.8. The molecule has 146 valence electrons. The third-order valence-corrected chi connectivity index (χ3v) is 8.23. The summed E-state index contributed by atoms with van der Waals surface area (Å²) in [5.41, 5.74) is 0. The van der Waals surface area contributed by atoms with Gasteiger partial charge in [-0.1, -0.05) is 12.8 Å². The highest BCUT2D eigenvalue weighted by atomic mass is 16.2. The quantitative estimate of drug-likeness (QED) is 0.728. The highest BCUT2D eigenvalue weighted by Crippen LogP contribution is 2.50. The van der Waals surface area contributed by atoms with Gasteiger partial charge < -0.3 is 10.6 Å². The van der Waals surface area contributed by atoms with Crippen LogP contribution in [0, 0.1) is 35.5 Å². The van der Waals surface area contributed by atoms with E-state index >= 15 is 0 Å². The Balaban J connectivity index is 1.15. The molecule has 4 bridgehead atoms. The molecule has 2 amide bonds. The van der Waals surface area contributed by atoms with Gasteiger partial charge in [0, 0.05) is 24.9 Å². The number of fused-ring (bicyclic) bond motifs is 4. The summed E-state index contributed by atoms with van der Waals surface area (Å²) in [4.78, 5) is 24.6. The van der Waals surface area contributed by atoms with E-state index in [1.165, 1.54) is 51.4 Å². The molecule has 2 N–H and O–H groups in total. The summed E-state index contributed by atoms with van der Waals surface area (Å²) in [5.74, 6) is 4.85. The molecular formula is C22H36N2O2. The molecule has 8 atom stereocenters. The first-order chi connectivity index (χ1) is 12.5. The number of rotatable bonds is 7. The Labute approximate surface area is 158 Å². The molecule has 4 fully saturated rings. The van der Waals surface area contributed by atoms with E-state index in [0.29, 0.717) is 24.7 Å². The third-order valence-electron chi connectivity index (χ3n) is 8.23. The van der Waals surface area contributed by atoms with Crippen molar-refractivity contribution in [1.29, 1.82) is 0 Å². The second-order valence-electron chi connectivity index (χ2n) is 9.89. The smallest absolute Gasteiger partial charge is 0.220 e. The number of hydrogen-bond acceptors (Lipinski definition) is 2. The molecule has 4 saturated carbocycles. The zero-order valence-corrected chi connectivity index (χ0v) is 16.5. The Morgan fingerprint density at radius 1 is 0.731 bits per heavy atom. The zero-order valence-electron chi connectivity index (χ0n) is 16.5. The van der Waals surface area contributed by atoms with Gasteiger partial charge in [-0.3, -0.25) is 9.59 Å². The second-order valence-corrected chi connectivity index (χ2v) is 9.89. The molecule has 0 unspecified atom stereocenters. The van der Waals surface area contributed by atoms with Gasteiger partial charge in [-0.15, -0.1) is 0 Å². The Hall–Kier alpha value is -1.06. The SMILES string of the molecule is C[C@H](NC(=O)CCC(=O)N[C@@H](C)[C@H]1C[C@@H]2CC[C@@H]1C2)[C@@H]1C[C@@H]2CC[C@@H]1C2. The Morgan fingerprint density at radius 2 is 1.15 bits per heavy atom. The predicted octanol–water partition coefficient (Wildman–Crippen LogP) is 3.65. The van der Waals surface area contributed by atoms with Crippen LogP contribution in [0.4, 0.5) is 0 Å². The van der Waals surface area contributed by atoms with Crippen LogP contribution in [0.5, 0.6) is 0 Å². The van der Waals surface area contributed by atoms with Crippen LogP contribution in [-0.4, -0.2) is 23.9 Å². The summed E-state index contributed by atoms with van der Waals surface area (Å²) in [5, 5.41) is 6.35. The van der Waals surface area contributed by atoms with Crippen LogP contribution in [0.25, 0.3) is 0 Å². The summed E-state index contributed by atoms with van der Waals surface area (Å²) >= 11 is 0. The van der Waals surface area contributed by atoms with Gasteiger partial charge in [0.05, 0.1) is 0 Å². The maximum atomic E-state index is 12.3. The molecule has 4 nitrogen and oxygen atoms in total. The summed E-state index contributed by atoms with van der Waals surface area (Å²) in [6, 6.07) is 0.516. The van der Waals surface area contributed by atoms with Gasteiger partial charge in [-0.25, -0.2) is 0 Å². The van der Waals surface area contributed by atoms with Gasteiger partial charge in [0.25, 0.3) is 0 Å². The Kier molecular flexibility index (Phi) is 5.29. The largest absolute Gasteiger partial charge is 0.353 e. The lowest BCUT2D eigenvalue weighted by molar-refractivity contribution is -0.127. The van der Waals surface area contributed by atoms with Crippen LogP contribution in [-0.2, 0) is 9.59 Å². The summed E-state index contributed by atoms with van der Waals surface area (Å²) in [7, 11) is 0. The minimum Gasteiger partial charge on any atom is -0.353 e. The maximum Gasteiger partial charge on any atom is 0.220 e. The average molecular weight is 361 g/mol. The van der Waals surface area contributed by atoms with Crippen LogP contribution in [0.15, 0.2) is 0 Å². The topological polar surface area (TPSA) is 58.2 Å². The van der Waals surface area contributed by atoms with E-state index in [1.54, 1.807) is 0 Å². The van der Waals surface area contributed by atoms with Crippen molar-refractivity contribution in [2.24, 2.45) is 35.5 Å². The maximum absolute atomic E-state index is 12.3. The molecule has 0 aromatic rings. The molecule has 0 aliphatic heterocycles. The van der Waals surface area contributed by atoms with Crippen molar-refractivity contribution in [1.82, 2.24) is 10.6 Å². The second kappa shape index (κ2) is 7.52. The van der Waals surface area contributed by atoms with E-state index in [2.05, 4.69) is 24.5 Å². The number of carbonyl (C=O) groups excluding carboxylic acids is 2. The van der Waals surface area contributed by atoms with Crippen LogP contribution in [0.3, 0.4) is 0 Å². The van der Waals surface area contributed by atoms with Crippen molar-refractivity contribution < 1.29 is 9.59 Å². The number of hydrogen-bond donors (Lipinski definition) is 2. The summed E-state index contributed by atoms with van der Waals surface area (Å²) in [6.45, 7) is 4.31. The highest BCUT2D eigenvalue weighted by molar-refractivity contribution is 5.84. The van der Waals surface area contributed by atoms with Gasteiger partial charge in [0.1, 0.15) is 0 Å². The standard InChI is InChI=1S/C22H36N2O2/c1-13(19-11-15-3-5-17(19)9-15)23-21(25)7-8-22(26)24-14(2)20-12-16-4-6-18(20)10-16/h13-20H,3-12H2,1-2H3,(H,23,25)(H,24,26)/t13-,14-,15+,16+,17+,18+,19-,20+/m0/s1. The van der Waals surface area contributed by atoms with E-state index in [4.69, 9.17) is 0 Å².